The Bertz CT molecular complexity index is 734. The average molecular weight is 737 g/mol. The summed E-state index contributed by atoms with van der Waals surface area (Å²) < 4.78 is 0. The highest BCUT2D eigenvalue weighted by Gasteiger charge is 2.22. The highest BCUT2D eigenvalue weighted by molar-refractivity contribution is 4.80. The molecular weight excluding hydrogens is 633 g/mol. The molecule has 52 heavy (non-hydrogen) atoms. The Labute approximate surface area is 332 Å². The van der Waals surface area contributed by atoms with Gasteiger partial charge in [-0.1, -0.05) is 137 Å². The summed E-state index contributed by atoms with van der Waals surface area (Å²) in [5, 5.41) is 7.03. The molecule has 0 aromatic rings. The Morgan fingerprint density at radius 3 is 0.942 bits per heavy atom. The molecule has 0 spiro atoms. The Kier molecular flexibility index (Phi) is 29.3. The van der Waals surface area contributed by atoms with Gasteiger partial charge < -0.3 is 20.4 Å². The molecule has 4 aliphatic heterocycles. The van der Waals surface area contributed by atoms with E-state index in [-0.39, 0.29) is 0 Å². The molecule has 0 saturated carbocycles. The number of likely N-dealkylation sites (tertiary alicyclic amines) is 2. The van der Waals surface area contributed by atoms with E-state index in [1.807, 2.05) is 13.8 Å². The molecule has 4 rings (SSSR count). The van der Waals surface area contributed by atoms with Crippen LogP contribution in [0.3, 0.4) is 0 Å². The molecule has 316 valence electrons. The fourth-order valence-corrected chi connectivity index (χ4v) is 7.27. The molecule has 2 atom stereocenters. The van der Waals surface area contributed by atoms with Crippen molar-refractivity contribution in [1.82, 2.24) is 20.4 Å². The van der Waals surface area contributed by atoms with E-state index in [1.165, 1.54) is 149 Å². The molecule has 4 saturated heterocycles. The third kappa shape index (κ3) is 39.5. The first kappa shape index (κ1) is 53.9. The van der Waals surface area contributed by atoms with Gasteiger partial charge in [-0.05, 0) is 163 Å². The molecule has 2 N–H and O–H groups in total. The standard InChI is InChI=1S/C11H23N.C10H21N.2C9H19N.C7H16.C2H6/c1-11(2,3)7-10-12-8-5-4-6-9-12;1-10(2,3)6-9-11-7-4-5-8-11;2*1-9(2,3)7-8-5-4-6-10-8;1-5-6-7(2,3)4;1-2/h4-10H2,1-3H3;4-9H2,1-3H3;2*8,10H,4-7H2,1-3H3;5-6H2,1-4H3;1-2H3. The second kappa shape index (κ2) is 28.3. The molecule has 0 bridgehead atoms. The summed E-state index contributed by atoms with van der Waals surface area (Å²) in [6.45, 7) is 51.3. The van der Waals surface area contributed by atoms with Gasteiger partial charge in [-0.15, -0.1) is 0 Å². The van der Waals surface area contributed by atoms with Crippen molar-refractivity contribution in [2.24, 2.45) is 27.1 Å². The summed E-state index contributed by atoms with van der Waals surface area (Å²) in [5.41, 5.74) is 2.58. The quantitative estimate of drug-likeness (QED) is 0.272. The average Bonchev–Trinajstić information content (AvgIpc) is 3.81. The molecule has 4 nitrogen and oxygen atoms in total. The normalized spacial score (nSPS) is 21.6. The van der Waals surface area contributed by atoms with Gasteiger partial charge in [-0.25, -0.2) is 0 Å². The van der Waals surface area contributed by atoms with E-state index in [9.17, 15) is 0 Å². The minimum atomic E-state index is 0.502. The van der Waals surface area contributed by atoms with Crippen LogP contribution in [0.1, 0.15) is 221 Å². The monoisotopic (exact) mass is 737 g/mol. The van der Waals surface area contributed by atoms with Crippen molar-refractivity contribution in [2.75, 3.05) is 52.4 Å². The van der Waals surface area contributed by atoms with Crippen LogP contribution in [0, 0.1) is 27.1 Å². The van der Waals surface area contributed by atoms with Gasteiger partial charge in [0.2, 0.25) is 0 Å². The lowest BCUT2D eigenvalue weighted by atomic mass is 9.88. The van der Waals surface area contributed by atoms with Crippen LogP contribution in [-0.4, -0.2) is 74.2 Å². The first-order chi connectivity index (χ1) is 23.9. The maximum Gasteiger partial charge on any atom is 0.00725 e. The fourth-order valence-electron chi connectivity index (χ4n) is 7.27. The van der Waals surface area contributed by atoms with Gasteiger partial charge in [0.1, 0.15) is 0 Å². The maximum atomic E-state index is 3.51. The van der Waals surface area contributed by atoms with Crippen molar-refractivity contribution in [3.63, 3.8) is 0 Å². The molecule has 2 unspecified atom stereocenters. The largest absolute Gasteiger partial charge is 0.314 e. The van der Waals surface area contributed by atoms with Gasteiger partial charge in [0, 0.05) is 12.1 Å². The molecule has 0 amide bonds. The Hall–Kier alpha value is -0.160. The minimum absolute atomic E-state index is 0.502. The van der Waals surface area contributed by atoms with Crippen molar-refractivity contribution < 1.29 is 0 Å². The van der Waals surface area contributed by atoms with Gasteiger partial charge in [-0.3, -0.25) is 0 Å². The summed E-state index contributed by atoms with van der Waals surface area (Å²) in [6.07, 6.45) is 20.6. The van der Waals surface area contributed by atoms with Crippen molar-refractivity contribution in [1.29, 1.82) is 0 Å². The maximum absolute atomic E-state index is 3.51. The highest BCUT2D eigenvalue weighted by Crippen LogP contribution is 2.26. The lowest BCUT2D eigenvalue weighted by molar-refractivity contribution is 0.196. The van der Waals surface area contributed by atoms with Gasteiger partial charge in [-0.2, -0.15) is 0 Å². The summed E-state index contributed by atoms with van der Waals surface area (Å²) >= 11 is 0. The first-order valence-electron chi connectivity index (χ1n) is 22.8. The zero-order chi connectivity index (χ0) is 40.5. The van der Waals surface area contributed by atoms with E-state index < -0.39 is 0 Å². The molecule has 4 fully saturated rings. The van der Waals surface area contributed by atoms with Crippen LogP contribution >= 0.6 is 0 Å². The predicted molar refractivity (Wildman–Crippen MR) is 240 cm³/mol. The number of nitrogens with one attached hydrogen (secondary N) is 2. The zero-order valence-corrected chi connectivity index (χ0v) is 39.8. The van der Waals surface area contributed by atoms with Crippen molar-refractivity contribution in [3.8, 4) is 0 Å². The molecule has 0 aromatic carbocycles. The minimum Gasteiger partial charge on any atom is -0.314 e. The van der Waals surface area contributed by atoms with E-state index in [1.54, 1.807) is 0 Å². The second-order valence-electron chi connectivity index (χ2n) is 22.5. The van der Waals surface area contributed by atoms with Crippen LogP contribution in [0.25, 0.3) is 0 Å². The zero-order valence-electron chi connectivity index (χ0n) is 39.8. The summed E-state index contributed by atoms with van der Waals surface area (Å²) in [6, 6.07) is 1.61. The van der Waals surface area contributed by atoms with E-state index in [0.29, 0.717) is 27.1 Å². The number of nitrogens with zero attached hydrogens (tertiary/aromatic N) is 2. The van der Waals surface area contributed by atoms with Crippen LogP contribution in [0.2, 0.25) is 0 Å². The van der Waals surface area contributed by atoms with E-state index in [0.717, 1.165) is 12.1 Å². The molecule has 4 aliphatic rings. The Balaban J connectivity index is 0. The van der Waals surface area contributed by atoms with Crippen LogP contribution < -0.4 is 10.6 Å². The number of hydrogen-bond donors (Lipinski definition) is 2. The lowest BCUT2D eigenvalue weighted by Gasteiger charge is -2.29. The van der Waals surface area contributed by atoms with Crippen LogP contribution in [-0.2, 0) is 0 Å². The topological polar surface area (TPSA) is 30.5 Å². The van der Waals surface area contributed by atoms with Gasteiger partial charge in [0.05, 0.1) is 0 Å². The number of rotatable bonds is 7. The molecular formula is C48H104N4. The Morgan fingerprint density at radius 1 is 0.423 bits per heavy atom. The summed E-state index contributed by atoms with van der Waals surface area (Å²) in [7, 11) is 0. The molecule has 4 heterocycles. The number of hydrogen-bond acceptors (Lipinski definition) is 4. The summed E-state index contributed by atoms with van der Waals surface area (Å²) in [4.78, 5) is 5.21. The lowest BCUT2D eigenvalue weighted by Crippen LogP contribution is -2.32. The highest BCUT2D eigenvalue weighted by atomic mass is 15.1. The Morgan fingerprint density at radius 2 is 0.731 bits per heavy atom. The van der Waals surface area contributed by atoms with Crippen molar-refractivity contribution >= 4 is 0 Å². The van der Waals surface area contributed by atoms with E-state index in [2.05, 4.69) is 131 Å². The third-order valence-electron chi connectivity index (χ3n) is 10.0. The van der Waals surface area contributed by atoms with Gasteiger partial charge >= 0.3 is 0 Å². The SMILES string of the molecule is CC.CC(C)(C)CC1CCCN1.CC(C)(C)CC1CCCN1.CC(C)(C)CCN1CCCC1.CC(C)(C)CCN1CCCCC1.CCCC(C)(C)C. The van der Waals surface area contributed by atoms with Crippen LogP contribution in [0.5, 0.6) is 0 Å². The second-order valence-corrected chi connectivity index (χ2v) is 22.5. The van der Waals surface area contributed by atoms with Crippen LogP contribution in [0.15, 0.2) is 0 Å². The van der Waals surface area contributed by atoms with Crippen molar-refractivity contribution in [3.05, 3.63) is 0 Å². The third-order valence-corrected chi connectivity index (χ3v) is 10.0. The van der Waals surface area contributed by atoms with Gasteiger partial charge in [0.25, 0.3) is 0 Å². The van der Waals surface area contributed by atoms with Gasteiger partial charge in [0.15, 0.2) is 0 Å². The molecule has 0 aromatic heterocycles. The van der Waals surface area contributed by atoms with Crippen molar-refractivity contribution in [2.45, 2.75) is 233 Å². The molecule has 0 aliphatic carbocycles. The summed E-state index contributed by atoms with van der Waals surface area (Å²) in [5.74, 6) is 0. The smallest absolute Gasteiger partial charge is 0.00725 e. The molecule has 0 radical (unpaired) electrons. The first-order valence-corrected chi connectivity index (χ1v) is 22.8. The molecule has 4 heteroatoms. The van der Waals surface area contributed by atoms with E-state index >= 15 is 0 Å². The predicted octanol–water partition coefficient (Wildman–Crippen LogP) is 13.6. The number of piperidine rings is 1. The fraction of sp³-hybridized carbons (Fsp3) is 1.00. The van der Waals surface area contributed by atoms with E-state index in [4.69, 9.17) is 0 Å². The van der Waals surface area contributed by atoms with Crippen LogP contribution in [0.4, 0.5) is 0 Å².